The molecule has 1 aliphatic carbocycles. The first-order valence-electron chi connectivity index (χ1n) is 8.46. The van der Waals surface area contributed by atoms with Crippen LogP contribution in [0.4, 0.5) is 0 Å². The van der Waals surface area contributed by atoms with Gasteiger partial charge in [0.2, 0.25) is 5.76 Å². The third-order valence-electron chi connectivity index (χ3n) is 5.26. The Bertz CT molecular complexity index is 804. The van der Waals surface area contributed by atoms with Crippen molar-refractivity contribution in [3.05, 3.63) is 41.7 Å². The number of nitrogens with zero attached hydrogens (tertiary/aromatic N) is 3. The van der Waals surface area contributed by atoms with Crippen LogP contribution in [0.1, 0.15) is 48.2 Å². The van der Waals surface area contributed by atoms with Crippen LogP contribution in [0.3, 0.4) is 0 Å². The predicted octanol–water partition coefficient (Wildman–Crippen LogP) is 3.62. The lowest BCUT2D eigenvalue weighted by Crippen LogP contribution is -2.58. The molecular formula is C19H19N3O2. The number of likely N-dealkylation sites (tertiary alicyclic amines) is 1. The van der Waals surface area contributed by atoms with Crippen LogP contribution in [0.15, 0.2) is 34.9 Å². The van der Waals surface area contributed by atoms with Gasteiger partial charge in [0, 0.05) is 30.1 Å². The molecule has 1 aliphatic heterocycles. The molecule has 5 heteroatoms. The number of hydrogen-bond acceptors (Lipinski definition) is 4. The van der Waals surface area contributed by atoms with Crippen LogP contribution in [0.25, 0.3) is 11.3 Å². The lowest BCUT2D eigenvalue weighted by Gasteiger charge is -2.52. The molecule has 2 fully saturated rings. The van der Waals surface area contributed by atoms with Crippen molar-refractivity contribution in [1.82, 2.24) is 10.1 Å². The summed E-state index contributed by atoms with van der Waals surface area (Å²) in [5, 5.41) is 13.0. The molecule has 2 aliphatic rings. The Morgan fingerprint density at radius 2 is 2.00 bits per heavy atom. The summed E-state index contributed by atoms with van der Waals surface area (Å²) in [6, 6.07) is 10.9. The zero-order valence-corrected chi connectivity index (χ0v) is 13.5. The van der Waals surface area contributed by atoms with Crippen molar-refractivity contribution in [2.24, 2.45) is 5.41 Å². The van der Waals surface area contributed by atoms with E-state index in [2.05, 4.69) is 11.2 Å². The maximum absolute atomic E-state index is 12.6. The monoisotopic (exact) mass is 321 g/mol. The molecule has 1 aromatic carbocycles. The largest absolute Gasteiger partial charge is 0.350 e. The molecule has 122 valence electrons. The first-order valence-corrected chi connectivity index (χ1v) is 8.46. The SMILES string of the molecule is N#Cc1cccc(-c2cc(C(=O)N3CC4(CCCCC4)C3)on2)c1. The van der Waals surface area contributed by atoms with Gasteiger partial charge in [0.1, 0.15) is 5.69 Å². The molecule has 1 spiro atoms. The summed E-state index contributed by atoms with van der Waals surface area (Å²) in [6.45, 7) is 1.68. The molecule has 5 nitrogen and oxygen atoms in total. The Labute approximate surface area is 140 Å². The molecule has 2 heterocycles. The molecule has 0 radical (unpaired) electrons. The van der Waals surface area contributed by atoms with Crippen LogP contribution in [0.2, 0.25) is 0 Å². The molecule has 1 saturated heterocycles. The Morgan fingerprint density at radius 3 is 2.75 bits per heavy atom. The number of aromatic nitrogens is 1. The molecule has 1 saturated carbocycles. The summed E-state index contributed by atoms with van der Waals surface area (Å²) in [6.07, 6.45) is 6.36. The topological polar surface area (TPSA) is 70.1 Å². The predicted molar refractivity (Wildman–Crippen MR) is 88.1 cm³/mol. The Kier molecular flexibility index (Phi) is 3.61. The van der Waals surface area contributed by atoms with Crippen molar-refractivity contribution in [3.8, 4) is 17.3 Å². The second-order valence-electron chi connectivity index (χ2n) is 6.99. The molecule has 24 heavy (non-hydrogen) atoms. The van der Waals surface area contributed by atoms with Crippen LogP contribution in [0.5, 0.6) is 0 Å². The van der Waals surface area contributed by atoms with Gasteiger partial charge in [-0.25, -0.2) is 0 Å². The van der Waals surface area contributed by atoms with E-state index in [9.17, 15) is 4.79 Å². The molecule has 0 unspecified atom stereocenters. The van der Waals surface area contributed by atoms with Gasteiger partial charge in [0.25, 0.3) is 5.91 Å². The summed E-state index contributed by atoms with van der Waals surface area (Å²) >= 11 is 0. The highest BCUT2D eigenvalue weighted by molar-refractivity contribution is 5.93. The van der Waals surface area contributed by atoms with Gasteiger partial charge in [-0.3, -0.25) is 4.79 Å². The van der Waals surface area contributed by atoms with Gasteiger partial charge in [0.05, 0.1) is 11.6 Å². The molecule has 0 bridgehead atoms. The fraction of sp³-hybridized carbons (Fsp3) is 0.421. The fourth-order valence-corrected chi connectivity index (χ4v) is 3.94. The average Bonchev–Trinajstić information content (AvgIpc) is 3.10. The highest BCUT2D eigenvalue weighted by Gasteiger charge is 2.46. The zero-order valence-electron chi connectivity index (χ0n) is 13.5. The Hall–Kier alpha value is -2.61. The number of carbonyl (C=O) groups is 1. The van der Waals surface area contributed by atoms with Gasteiger partial charge in [0.15, 0.2) is 0 Å². The van der Waals surface area contributed by atoms with Crippen LogP contribution in [-0.2, 0) is 0 Å². The number of rotatable bonds is 2. The van der Waals surface area contributed by atoms with Gasteiger partial charge < -0.3 is 9.42 Å². The third kappa shape index (κ3) is 2.58. The van der Waals surface area contributed by atoms with Crippen LogP contribution in [0, 0.1) is 16.7 Å². The summed E-state index contributed by atoms with van der Waals surface area (Å²) in [4.78, 5) is 14.4. The molecule has 4 rings (SSSR count). The second-order valence-corrected chi connectivity index (χ2v) is 6.99. The van der Waals surface area contributed by atoms with Gasteiger partial charge in [-0.1, -0.05) is 36.6 Å². The third-order valence-corrected chi connectivity index (χ3v) is 5.26. The van der Waals surface area contributed by atoms with Gasteiger partial charge in [-0.05, 0) is 25.0 Å². The standard InChI is InChI=1S/C19H19N3O2/c20-11-14-5-4-6-15(9-14)16-10-17(24-21-16)18(23)22-12-19(13-22)7-2-1-3-8-19/h4-6,9-10H,1-3,7-8,12-13H2. The van der Waals surface area contributed by atoms with Crippen LogP contribution >= 0.6 is 0 Å². The first kappa shape index (κ1) is 14.9. The van der Waals surface area contributed by atoms with E-state index >= 15 is 0 Å². The van der Waals surface area contributed by atoms with Crippen LogP contribution < -0.4 is 0 Å². The van der Waals surface area contributed by atoms with E-state index in [0.717, 1.165) is 18.7 Å². The van der Waals surface area contributed by atoms with Crippen molar-refractivity contribution < 1.29 is 9.32 Å². The summed E-state index contributed by atoms with van der Waals surface area (Å²) in [5.74, 6) is 0.194. The maximum atomic E-state index is 12.6. The van der Waals surface area contributed by atoms with E-state index in [1.54, 1.807) is 24.3 Å². The average molecular weight is 321 g/mol. The zero-order chi connectivity index (χ0) is 16.6. The minimum atomic E-state index is -0.0820. The number of hydrogen-bond donors (Lipinski definition) is 0. The number of benzene rings is 1. The normalized spacial score (nSPS) is 18.9. The van der Waals surface area contributed by atoms with Gasteiger partial charge >= 0.3 is 0 Å². The summed E-state index contributed by atoms with van der Waals surface area (Å²) in [5.41, 5.74) is 2.29. The molecule has 0 atom stereocenters. The number of amides is 1. The number of nitriles is 1. The molecular weight excluding hydrogens is 302 g/mol. The highest BCUT2D eigenvalue weighted by Crippen LogP contribution is 2.44. The van der Waals surface area contributed by atoms with Crippen LogP contribution in [-0.4, -0.2) is 29.1 Å². The van der Waals surface area contributed by atoms with E-state index < -0.39 is 0 Å². The minimum Gasteiger partial charge on any atom is -0.350 e. The minimum absolute atomic E-state index is 0.0820. The van der Waals surface area contributed by atoms with E-state index in [1.807, 2.05) is 11.0 Å². The van der Waals surface area contributed by atoms with Gasteiger partial charge in [-0.2, -0.15) is 5.26 Å². The lowest BCUT2D eigenvalue weighted by molar-refractivity contribution is -0.0176. The molecule has 0 N–H and O–H groups in total. The van der Waals surface area contributed by atoms with E-state index in [0.29, 0.717) is 16.7 Å². The molecule has 1 amide bonds. The molecule has 1 aromatic heterocycles. The smallest absolute Gasteiger partial charge is 0.292 e. The summed E-state index contributed by atoms with van der Waals surface area (Å²) < 4.78 is 5.26. The van der Waals surface area contributed by atoms with Crippen molar-refractivity contribution in [2.75, 3.05) is 13.1 Å². The van der Waals surface area contributed by atoms with E-state index in [1.165, 1.54) is 32.1 Å². The van der Waals surface area contributed by atoms with E-state index in [-0.39, 0.29) is 11.7 Å². The van der Waals surface area contributed by atoms with Gasteiger partial charge in [-0.15, -0.1) is 0 Å². The van der Waals surface area contributed by atoms with Crippen molar-refractivity contribution in [1.29, 1.82) is 5.26 Å². The Balaban J connectivity index is 1.47. The quantitative estimate of drug-likeness (QED) is 0.847. The fourth-order valence-electron chi connectivity index (χ4n) is 3.94. The van der Waals surface area contributed by atoms with Crippen molar-refractivity contribution >= 4 is 5.91 Å². The van der Waals surface area contributed by atoms with Crippen molar-refractivity contribution in [3.63, 3.8) is 0 Å². The Morgan fingerprint density at radius 1 is 1.21 bits per heavy atom. The maximum Gasteiger partial charge on any atom is 0.292 e. The first-order chi connectivity index (χ1) is 11.7. The highest BCUT2D eigenvalue weighted by atomic mass is 16.5. The van der Waals surface area contributed by atoms with E-state index in [4.69, 9.17) is 9.78 Å². The molecule has 2 aromatic rings. The van der Waals surface area contributed by atoms with Crippen molar-refractivity contribution in [2.45, 2.75) is 32.1 Å². The lowest BCUT2D eigenvalue weighted by atomic mass is 9.68. The number of carbonyl (C=O) groups excluding carboxylic acids is 1. The summed E-state index contributed by atoms with van der Waals surface area (Å²) in [7, 11) is 0. The second kappa shape index (κ2) is 5.79.